The molecule has 0 aliphatic carbocycles. The molecule has 2 rings (SSSR count). The molecule has 6 nitrogen and oxygen atoms in total. The number of methoxy groups -OCH3 is 1. The Morgan fingerprint density at radius 1 is 1.29 bits per heavy atom. The summed E-state index contributed by atoms with van der Waals surface area (Å²) in [5, 5.41) is 0. The van der Waals surface area contributed by atoms with Crippen molar-refractivity contribution in [2.24, 2.45) is 0 Å². The number of ether oxygens (including phenoxy) is 3. The highest BCUT2D eigenvalue weighted by Gasteiger charge is 2.22. The Hall–Kier alpha value is -1.44. The maximum absolute atomic E-state index is 12.6. The third-order valence-electron chi connectivity index (χ3n) is 4.17. The van der Waals surface area contributed by atoms with Crippen LogP contribution >= 0.6 is 0 Å². The van der Waals surface area contributed by atoms with Crippen LogP contribution in [0.2, 0.25) is 0 Å². The largest absolute Gasteiger partial charge is 0.465 e. The minimum atomic E-state index is -3.57. The van der Waals surface area contributed by atoms with Crippen LogP contribution in [-0.2, 0) is 24.0 Å². The summed E-state index contributed by atoms with van der Waals surface area (Å²) in [7, 11) is -2.30. The van der Waals surface area contributed by atoms with Crippen molar-refractivity contribution in [2.45, 2.75) is 44.3 Å². The van der Waals surface area contributed by atoms with Gasteiger partial charge >= 0.3 is 5.97 Å². The lowest BCUT2D eigenvalue weighted by Gasteiger charge is -2.22. The van der Waals surface area contributed by atoms with Gasteiger partial charge in [-0.3, -0.25) is 0 Å². The lowest BCUT2D eigenvalue weighted by atomic mass is 10.1. The summed E-state index contributed by atoms with van der Waals surface area (Å²) < 4.78 is 40.9. The van der Waals surface area contributed by atoms with E-state index in [1.54, 1.807) is 19.9 Å². The maximum Gasteiger partial charge on any atom is 0.337 e. The smallest absolute Gasteiger partial charge is 0.337 e. The van der Waals surface area contributed by atoms with Crippen molar-refractivity contribution in [3.63, 3.8) is 0 Å². The summed E-state index contributed by atoms with van der Waals surface area (Å²) in [6.45, 7) is 4.21. The van der Waals surface area contributed by atoms with E-state index < -0.39 is 15.8 Å². The standard InChI is InChI=1S/C17H24O6S/c1-12-10-14(17(18)21-3)11-15(13(12)2)24(19,20)9-8-23-16-6-4-5-7-22-16/h10-11,16H,4-9H2,1-3H3. The van der Waals surface area contributed by atoms with Crippen LogP contribution in [0, 0.1) is 13.8 Å². The quantitative estimate of drug-likeness (QED) is 0.728. The van der Waals surface area contributed by atoms with E-state index in [1.807, 2.05) is 0 Å². The molecule has 24 heavy (non-hydrogen) atoms. The second-order valence-electron chi connectivity index (χ2n) is 5.89. The molecule has 1 aliphatic rings. The first-order valence-electron chi connectivity index (χ1n) is 8.00. The van der Waals surface area contributed by atoms with Crippen LogP contribution in [0.3, 0.4) is 0 Å². The third-order valence-corrected chi connectivity index (χ3v) is 5.97. The van der Waals surface area contributed by atoms with E-state index in [4.69, 9.17) is 9.47 Å². The summed E-state index contributed by atoms with van der Waals surface area (Å²) in [5.74, 6) is -0.709. The maximum atomic E-state index is 12.6. The second kappa shape index (κ2) is 8.09. The summed E-state index contributed by atoms with van der Waals surface area (Å²) in [6, 6.07) is 3.01. The van der Waals surface area contributed by atoms with Crippen molar-refractivity contribution >= 4 is 15.8 Å². The molecule has 1 aromatic carbocycles. The zero-order chi connectivity index (χ0) is 17.7. The molecule has 1 heterocycles. The number of benzene rings is 1. The molecule has 1 aromatic rings. The molecule has 1 aliphatic heterocycles. The van der Waals surface area contributed by atoms with Crippen LogP contribution in [0.25, 0.3) is 0 Å². The first-order valence-corrected chi connectivity index (χ1v) is 9.66. The van der Waals surface area contributed by atoms with E-state index in [9.17, 15) is 13.2 Å². The first kappa shape index (κ1) is 18.9. The fraction of sp³-hybridized carbons (Fsp3) is 0.588. The fourth-order valence-corrected chi connectivity index (χ4v) is 4.10. The van der Waals surface area contributed by atoms with E-state index in [0.29, 0.717) is 12.2 Å². The molecule has 0 saturated carbocycles. The monoisotopic (exact) mass is 356 g/mol. The highest BCUT2D eigenvalue weighted by atomic mass is 32.2. The zero-order valence-corrected chi connectivity index (χ0v) is 15.1. The normalized spacial score (nSPS) is 18.4. The second-order valence-corrected chi connectivity index (χ2v) is 7.97. The molecule has 0 aromatic heterocycles. The molecule has 0 amide bonds. The van der Waals surface area contributed by atoms with Gasteiger partial charge in [0.2, 0.25) is 0 Å². The number of carbonyl (C=O) groups excluding carboxylic acids is 1. The number of sulfone groups is 1. The Morgan fingerprint density at radius 3 is 2.67 bits per heavy atom. The molecule has 1 atom stereocenters. The predicted molar refractivity (Wildman–Crippen MR) is 88.9 cm³/mol. The van der Waals surface area contributed by atoms with Crippen LogP contribution in [0.15, 0.2) is 17.0 Å². The SMILES string of the molecule is COC(=O)c1cc(C)c(C)c(S(=O)(=O)CCOC2CCCCO2)c1. The molecular formula is C17H24O6S. The minimum absolute atomic E-state index is 0.0634. The van der Waals surface area contributed by atoms with Crippen molar-refractivity contribution in [3.8, 4) is 0 Å². The first-order chi connectivity index (χ1) is 11.3. The number of carbonyl (C=O) groups is 1. The summed E-state index contributed by atoms with van der Waals surface area (Å²) in [4.78, 5) is 11.9. The van der Waals surface area contributed by atoms with Gasteiger partial charge in [-0.25, -0.2) is 13.2 Å². The molecule has 0 bridgehead atoms. The fourth-order valence-electron chi connectivity index (χ4n) is 2.63. The van der Waals surface area contributed by atoms with Gasteiger partial charge in [0, 0.05) is 6.61 Å². The molecule has 1 fully saturated rings. The van der Waals surface area contributed by atoms with E-state index in [2.05, 4.69) is 4.74 Å². The van der Waals surface area contributed by atoms with Crippen LogP contribution in [-0.4, -0.2) is 46.8 Å². The van der Waals surface area contributed by atoms with Crippen LogP contribution in [0.4, 0.5) is 0 Å². The van der Waals surface area contributed by atoms with Gasteiger partial charge in [0.25, 0.3) is 0 Å². The van der Waals surface area contributed by atoms with Crippen LogP contribution in [0.1, 0.15) is 40.7 Å². The summed E-state index contributed by atoms with van der Waals surface area (Å²) in [5.41, 5.74) is 1.60. The molecule has 0 spiro atoms. The summed E-state index contributed by atoms with van der Waals surface area (Å²) >= 11 is 0. The summed E-state index contributed by atoms with van der Waals surface area (Å²) in [6.07, 6.45) is 2.50. The number of hydrogen-bond acceptors (Lipinski definition) is 6. The van der Waals surface area contributed by atoms with Gasteiger partial charge in [0.1, 0.15) is 0 Å². The highest BCUT2D eigenvalue weighted by Crippen LogP contribution is 2.23. The van der Waals surface area contributed by atoms with Gasteiger partial charge in [-0.15, -0.1) is 0 Å². The highest BCUT2D eigenvalue weighted by molar-refractivity contribution is 7.91. The molecule has 7 heteroatoms. The van der Waals surface area contributed by atoms with Gasteiger partial charge < -0.3 is 14.2 Å². The van der Waals surface area contributed by atoms with Gasteiger partial charge in [-0.2, -0.15) is 0 Å². The number of esters is 1. The topological polar surface area (TPSA) is 78.9 Å². The zero-order valence-electron chi connectivity index (χ0n) is 14.3. The van der Waals surface area contributed by atoms with Crippen LogP contribution in [0.5, 0.6) is 0 Å². The van der Waals surface area contributed by atoms with Gasteiger partial charge in [0.15, 0.2) is 16.1 Å². The Labute approximate surface area is 143 Å². The van der Waals surface area contributed by atoms with E-state index in [1.165, 1.54) is 13.2 Å². The molecule has 1 unspecified atom stereocenters. The average molecular weight is 356 g/mol. The van der Waals surface area contributed by atoms with Crippen molar-refractivity contribution in [1.29, 1.82) is 0 Å². The van der Waals surface area contributed by atoms with Gasteiger partial charge in [-0.05, 0) is 56.4 Å². The molecule has 1 saturated heterocycles. The Morgan fingerprint density at radius 2 is 2.04 bits per heavy atom. The number of aryl methyl sites for hydroxylation is 1. The average Bonchev–Trinajstić information content (AvgIpc) is 2.57. The van der Waals surface area contributed by atoms with E-state index >= 15 is 0 Å². The van der Waals surface area contributed by atoms with Crippen molar-refractivity contribution in [1.82, 2.24) is 0 Å². The number of hydrogen-bond donors (Lipinski definition) is 0. The molecule has 134 valence electrons. The molecule has 0 radical (unpaired) electrons. The molecule has 0 N–H and O–H groups in total. The predicted octanol–water partition coefficient (Wildman–Crippen LogP) is 2.41. The Balaban J connectivity index is 2.12. The lowest BCUT2D eigenvalue weighted by molar-refractivity contribution is -0.158. The van der Waals surface area contributed by atoms with Crippen molar-refractivity contribution in [3.05, 3.63) is 28.8 Å². The lowest BCUT2D eigenvalue weighted by Crippen LogP contribution is -2.25. The minimum Gasteiger partial charge on any atom is -0.465 e. The Bertz CT molecular complexity index is 689. The van der Waals surface area contributed by atoms with Crippen molar-refractivity contribution in [2.75, 3.05) is 26.1 Å². The van der Waals surface area contributed by atoms with E-state index in [-0.39, 0.29) is 29.1 Å². The molecular weight excluding hydrogens is 332 g/mol. The van der Waals surface area contributed by atoms with Gasteiger partial charge in [-0.1, -0.05) is 0 Å². The van der Waals surface area contributed by atoms with Gasteiger partial charge in [0.05, 0.1) is 29.9 Å². The van der Waals surface area contributed by atoms with Crippen LogP contribution < -0.4 is 0 Å². The van der Waals surface area contributed by atoms with Crippen molar-refractivity contribution < 1.29 is 27.4 Å². The number of rotatable bonds is 6. The Kier molecular flexibility index (Phi) is 6.37. The van der Waals surface area contributed by atoms with E-state index in [0.717, 1.165) is 24.8 Å². The third kappa shape index (κ3) is 4.55.